The van der Waals surface area contributed by atoms with Crippen LogP contribution in [0.4, 0.5) is 0 Å². The van der Waals surface area contributed by atoms with Gasteiger partial charge in [0.25, 0.3) is 0 Å². The first-order valence-corrected chi connectivity index (χ1v) is 9.79. The molecule has 0 unspecified atom stereocenters. The zero-order chi connectivity index (χ0) is 16.3. The van der Waals surface area contributed by atoms with Crippen LogP contribution < -0.4 is 5.73 Å². The number of hydrogen-bond donors (Lipinski definition) is 1. The first kappa shape index (κ1) is 21.4. The smallest absolute Gasteiger partial charge is 0.222 e. The first-order chi connectivity index (χ1) is 11.3. The molecule has 6 heteroatoms. The van der Waals surface area contributed by atoms with Crippen LogP contribution in [-0.2, 0) is 16.0 Å². The standard InChI is InChI=1S/C18H30N2O2S.ClH/c19-11-5-14-22-16-9-12-20(13-10-16)18(21)8-3-1-2-6-17-7-4-15-23-17;/h4,7,15-16H,1-3,5-6,8-14,19H2;1H. The van der Waals surface area contributed by atoms with Gasteiger partial charge in [0.2, 0.25) is 5.91 Å². The summed E-state index contributed by atoms with van der Waals surface area (Å²) in [5.74, 6) is 0.321. The van der Waals surface area contributed by atoms with Crippen molar-refractivity contribution in [2.24, 2.45) is 5.73 Å². The number of aryl methyl sites for hydroxylation is 1. The fraction of sp³-hybridized carbons (Fsp3) is 0.722. The van der Waals surface area contributed by atoms with Gasteiger partial charge in [0.05, 0.1) is 6.10 Å². The summed E-state index contributed by atoms with van der Waals surface area (Å²) in [7, 11) is 0. The molecule has 1 saturated heterocycles. The van der Waals surface area contributed by atoms with Crippen LogP contribution in [0.3, 0.4) is 0 Å². The van der Waals surface area contributed by atoms with Crippen LogP contribution in [0.25, 0.3) is 0 Å². The lowest BCUT2D eigenvalue weighted by Gasteiger charge is -2.32. The van der Waals surface area contributed by atoms with E-state index in [4.69, 9.17) is 10.5 Å². The molecular weight excluding hydrogens is 344 g/mol. The molecule has 1 fully saturated rings. The van der Waals surface area contributed by atoms with Crippen molar-refractivity contribution in [3.8, 4) is 0 Å². The van der Waals surface area contributed by atoms with E-state index in [0.717, 1.165) is 58.2 Å². The van der Waals surface area contributed by atoms with Crippen molar-refractivity contribution < 1.29 is 9.53 Å². The first-order valence-electron chi connectivity index (χ1n) is 8.91. The second kappa shape index (κ2) is 12.7. The molecule has 138 valence electrons. The molecule has 4 nitrogen and oxygen atoms in total. The van der Waals surface area contributed by atoms with Gasteiger partial charge >= 0.3 is 0 Å². The van der Waals surface area contributed by atoms with E-state index in [1.54, 1.807) is 0 Å². The molecular formula is C18H31ClN2O2S. The van der Waals surface area contributed by atoms with E-state index >= 15 is 0 Å². The number of likely N-dealkylation sites (tertiary alicyclic amines) is 1. The topological polar surface area (TPSA) is 55.6 Å². The highest BCUT2D eigenvalue weighted by atomic mass is 35.5. The number of halogens is 1. The average Bonchev–Trinajstić information content (AvgIpc) is 3.08. The highest BCUT2D eigenvalue weighted by molar-refractivity contribution is 7.09. The normalized spacial score (nSPS) is 15.3. The van der Waals surface area contributed by atoms with E-state index in [0.29, 0.717) is 25.0 Å². The molecule has 1 aromatic heterocycles. The number of hydrogen-bond acceptors (Lipinski definition) is 4. The Hall–Kier alpha value is -0.620. The highest BCUT2D eigenvalue weighted by Gasteiger charge is 2.22. The lowest BCUT2D eigenvalue weighted by molar-refractivity contribution is -0.134. The molecule has 2 heterocycles. The summed E-state index contributed by atoms with van der Waals surface area (Å²) >= 11 is 1.82. The molecule has 0 spiro atoms. The molecule has 0 atom stereocenters. The summed E-state index contributed by atoms with van der Waals surface area (Å²) in [5, 5.41) is 2.13. The van der Waals surface area contributed by atoms with Crippen molar-refractivity contribution in [2.45, 2.75) is 57.5 Å². The van der Waals surface area contributed by atoms with Crippen LogP contribution in [0.1, 0.15) is 49.8 Å². The molecule has 1 aliphatic rings. The quantitative estimate of drug-likeness (QED) is 0.636. The maximum Gasteiger partial charge on any atom is 0.222 e. The molecule has 24 heavy (non-hydrogen) atoms. The minimum atomic E-state index is 0. The van der Waals surface area contributed by atoms with E-state index in [-0.39, 0.29) is 12.4 Å². The Morgan fingerprint density at radius 3 is 2.71 bits per heavy atom. The molecule has 1 aliphatic heterocycles. The summed E-state index contributed by atoms with van der Waals surface area (Å²) in [6.45, 7) is 3.13. The van der Waals surface area contributed by atoms with E-state index in [1.165, 1.54) is 11.3 Å². The summed E-state index contributed by atoms with van der Waals surface area (Å²) in [5.41, 5.74) is 5.47. The number of nitrogens with zero attached hydrogens (tertiary/aromatic N) is 1. The molecule has 0 saturated carbocycles. The minimum absolute atomic E-state index is 0. The van der Waals surface area contributed by atoms with Crippen molar-refractivity contribution in [2.75, 3.05) is 26.2 Å². The maximum atomic E-state index is 12.2. The minimum Gasteiger partial charge on any atom is -0.378 e. The summed E-state index contributed by atoms with van der Waals surface area (Å²) < 4.78 is 5.78. The van der Waals surface area contributed by atoms with Crippen molar-refractivity contribution in [1.82, 2.24) is 4.90 Å². The third-order valence-electron chi connectivity index (χ3n) is 4.39. The Morgan fingerprint density at radius 2 is 2.04 bits per heavy atom. The van der Waals surface area contributed by atoms with Crippen molar-refractivity contribution in [3.05, 3.63) is 22.4 Å². The number of ether oxygens (including phenoxy) is 1. The maximum absolute atomic E-state index is 12.2. The molecule has 0 bridgehead atoms. The predicted octanol–water partition coefficient (Wildman–Crippen LogP) is 3.63. The average molecular weight is 375 g/mol. The lowest BCUT2D eigenvalue weighted by Crippen LogP contribution is -2.40. The number of amides is 1. The van der Waals surface area contributed by atoms with Crippen LogP contribution >= 0.6 is 23.7 Å². The predicted molar refractivity (Wildman–Crippen MR) is 103 cm³/mol. The second-order valence-electron chi connectivity index (χ2n) is 6.23. The zero-order valence-electron chi connectivity index (χ0n) is 14.5. The van der Waals surface area contributed by atoms with E-state index in [9.17, 15) is 4.79 Å². The lowest BCUT2D eigenvalue weighted by atomic mass is 10.1. The second-order valence-corrected chi connectivity index (χ2v) is 7.27. The largest absolute Gasteiger partial charge is 0.378 e. The summed E-state index contributed by atoms with van der Waals surface area (Å²) in [6, 6.07) is 4.29. The fourth-order valence-electron chi connectivity index (χ4n) is 2.97. The van der Waals surface area contributed by atoms with Gasteiger partial charge in [-0.15, -0.1) is 23.7 Å². The summed E-state index contributed by atoms with van der Waals surface area (Å²) in [4.78, 5) is 15.7. The van der Waals surface area contributed by atoms with Gasteiger partial charge in [-0.25, -0.2) is 0 Å². The van der Waals surface area contributed by atoms with Gasteiger partial charge in [-0.1, -0.05) is 12.5 Å². The number of unbranched alkanes of at least 4 members (excludes halogenated alkanes) is 2. The van der Waals surface area contributed by atoms with Crippen LogP contribution in [0.2, 0.25) is 0 Å². The third-order valence-corrected chi connectivity index (χ3v) is 5.33. The Labute approximate surface area is 156 Å². The van der Waals surface area contributed by atoms with Crippen LogP contribution in [0, 0.1) is 0 Å². The Bertz CT molecular complexity index is 434. The van der Waals surface area contributed by atoms with Gasteiger partial charge in [0.15, 0.2) is 0 Å². The highest BCUT2D eigenvalue weighted by Crippen LogP contribution is 2.17. The molecule has 0 aromatic carbocycles. The Kier molecular flexibility index (Phi) is 11.3. The van der Waals surface area contributed by atoms with Gasteiger partial charge in [-0.05, 0) is 56.5 Å². The number of thiophene rings is 1. The number of carbonyl (C=O) groups excluding carboxylic acids is 1. The monoisotopic (exact) mass is 374 g/mol. The SMILES string of the molecule is Cl.NCCCOC1CCN(C(=O)CCCCCc2cccs2)CC1. The van der Waals surface area contributed by atoms with Gasteiger partial charge in [-0.3, -0.25) is 4.79 Å². The molecule has 2 N–H and O–H groups in total. The number of nitrogens with two attached hydrogens (primary N) is 1. The Morgan fingerprint density at radius 1 is 1.25 bits per heavy atom. The third kappa shape index (κ3) is 7.97. The van der Waals surface area contributed by atoms with Crippen LogP contribution in [0.15, 0.2) is 17.5 Å². The Balaban J connectivity index is 0.00000288. The fourth-order valence-corrected chi connectivity index (χ4v) is 3.72. The van der Waals surface area contributed by atoms with Gasteiger partial charge in [0.1, 0.15) is 0 Å². The summed E-state index contributed by atoms with van der Waals surface area (Å²) in [6.07, 6.45) is 8.36. The number of piperidine rings is 1. The molecule has 0 radical (unpaired) electrons. The van der Waals surface area contributed by atoms with Crippen LogP contribution in [-0.4, -0.2) is 43.2 Å². The zero-order valence-corrected chi connectivity index (χ0v) is 16.1. The number of carbonyl (C=O) groups is 1. The van der Waals surface area contributed by atoms with E-state index < -0.39 is 0 Å². The number of rotatable bonds is 10. The van der Waals surface area contributed by atoms with Crippen molar-refractivity contribution in [1.29, 1.82) is 0 Å². The molecule has 0 aliphatic carbocycles. The van der Waals surface area contributed by atoms with Crippen molar-refractivity contribution >= 4 is 29.7 Å². The van der Waals surface area contributed by atoms with Gasteiger partial charge in [0, 0.05) is 31.0 Å². The van der Waals surface area contributed by atoms with Gasteiger partial charge in [-0.2, -0.15) is 0 Å². The molecule has 2 rings (SSSR count). The van der Waals surface area contributed by atoms with Crippen molar-refractivity contribution in [3.63, 3.8) is 0 Å². The molecule has 1 aromatic rings. The van der Waals surface area contributed by atoms with Gasteiger partial charge < -0.3 is 15.4 Å². The van der Waals surface area contributed by atoms with E-state index in [2.05, 4.69) is 17.5 Å². The molecule has 1 amide bonds. The van der Waals surface area contributed by atoms with Crippen LogP contribution in [0.5, 0.6) is 0 Å². The van der Waals surface area contributed by atoms with E-state index in [1.807, 2.05) is 16.2 Å².